The topological polar surface area (TPSA) is 108 Å². The summed E-state index contributed by atoms with van der Waals surface area (Å²) in [6, 6.07) is 0. The molecule has 2 heterocycles. The normalized spacial score (nSPS) is 23.1. The Morgan fingerprint density at radius 1 is 1.12 bits per heavy atom. The second-order valence-electron chi connectivity index (χ2n) is 8.62. The molecule has 1 saturated carbocycles. The van der Waals surface area contributed by atoms with Crippen molar-refractivity contribution >= 4 is 15.9 Å². The summed E-state index contributed by atoms with van der Waals surface area (Å²) in [7, 11) is -3.43. The Morgan fingerprint density at radius 3 is 2.24 bits per heavy atom. The van der Waals surface area contributed by atoms with Crippen LogP contribution in [0.3, 0.4) is 0 Å². The molecular formula is C21H30F3N3O6S. The van der Waals surface area contributed by atoms with Crippen molar-refractivity contribution in [2.45, 2.75) is 81.3 Å². The number of alkyl halides is 3. The molecule has 1 aliphatic heterocycles. The van der Waals surface area contributed by atoms with Crippen LogP contribution in [0, 0.1) is 6.92 Å². The van der Waals surface area contributed by atoms with Crippen LogP contribution < -0.4 is 4.74 Å². The van der Waals surface area contributed by atoms with Crippen LogP contribution in [0.25, 0.3) is 0 Å². The van der Waals surface area contributed by atoms with Crippen molar-refractivity contribution in [3.05, 3.63) is 11.9 Å². The predicted molar refractivity (Wildman–Crippen MR) is 114 cm³/mol. The molecule has 0 N–H and O–H groups in total. The average molecular weight is 510 g/mol. The van der Waals surface area contributed by atoms with Crippen LogP contribution in [0.5, 0.6) is 5.88 Å². The lowest BCUT2D eigenvalue weighted by atomic mass is 9.94. The van der Waals surface area contributed by atoms with E-state index in [4.69, 9.17) is 9.47 Å². The quantitative estimate of drug-likeness (QED) is 0.526. The molecule has 2 fully saturated rings. The van der Waals surface area contributed by atoms with Crippen molar-refractivity contribution in [2.24, 2.45) is 0 Å². The molecule has 1 aromatic heterocycles. The zero-order valence-electron chi connectivity index (χ0n) is 19.2. The maximum absolute atomic E-state index is 12.6. The summed E-state index contributed by atoms with van der Waals surface area (Å²) < 4.78 is 77.5. The molecule has 0 aromatic carbocycles. The number of aryl methyl sites for hydroxylation is 1. The number of carbonyl (C=O) groups excluding carboxylic acids is 1. The second kappa shape index (κ2) is 11.5. The molecular weight excluding hydrogens is 479 g/mol. The van der Waals surface area contributed by atoms with Crippen LogP contribution in [0.2, 0.25) is 0 Å². The summed E-state index contributed by atoms with van der Waals surface area (Å²) in [4.78, 5) is 21.4. The van der Waals surface area contributed by atoms with Gasteiger partial charge in [0.2, 0.25) is 5.88 Å². The lowest BCUT2D eigenvalue weighted by Crippen LogP contribution is -2.44. The van der Waals surface area contributed by atoms with Gasteiger partial charge in [0, 0.05) is 19.3 Å². The van der Waals surface area contributed by atoms with E-state index >= 15 is 0 Å². The number of likely N-dealkylation sites (tertiary alicyclic amines) is 1. The minimum absolute atomic E-state index is 0.0397. The lowest BCUT2D eigenvalue weighted by Gasteiger charge is -2.36. The number of amides is 1. The molecule has 0 bridgehead atoms. The molecule has 1 saturated heterocycles. The monoisotopic (exact) mass is 509 g/mol. The third-order valence-corrected chi connectivity index (χ3v) is 6.89. The highest BCUT2D eigenvalue weighted by Gasteiger charge is 2.32. The minimum Gasteiger partial charge on any atom is -0.473 e. The SMILES string of the molecule is Cc1nc(S(C)(=O)=O)cnc1OC1CCC(OC2CCN(C(=O)OC(CF)C(F)F)CC2)CC1. The van der Waals surface area contributed by atoms with Gasteiger partial charge >= 0.3 is 6.09 Å². The first-order valence-corrected chi connectivity index (χ1v) is 13.1. The van der Waals surface area contributed by atoms with Crippen molar-refractivity contribution in [1.29, 1.82) is 0 Å². The van der Waals surface area contributed by atoms with Gasteiger partial charge in [0.25, 0.3) is 6.43 Å². The fourth-order valence-corrected chi connectivity index (χ4v) is 4.54. The van der Waals surface area contributed by atoms with E-state index in [2.05, 4.69) is 14.7 Å². The number of sulfone groups is 1. The number of carbonyl (C=O) groups is 1. The Kier molecular flexibility index (Phi) is 8.96. The molecule has 0 spiro atoms. The number of rotatable bonds is 8. The number of aromatic nitrogens is 2. The van der Waals surface area contributed by atoms with Crippen LogP contribution in [0.4, 0.5) is 18.0 Å². The smallest absolute Gasteiger partial charge is 0.410 e. The molecule has 1 amide bonds. The van der Waals surface area contributed by atoms with Gasteiger partial charge in [-0.3, -0.25) is 0 Å². The molecule has 1 aromatic rings. The van der Waals surface area contributed by atoms with E-state index in [0.29, 0.717) is 37.5 Å². The summed E-state index contributed by atoms with van der Waals surface area (Å²) in [5.74, 6) is 0.317. The fourth-order valence-electron chi connectivity index (χ4n) is 3.99. The first kappa shape index (κ1) is 26.5. The molecule has 192 valence electrons. The number of nitrogens with zero attached hydrogens (tertiary/aromatic N) is 3. The summed E-state index contributed by atoms with van der Waals surface area (Å²) >= 11 is 0. The van der Waals surface area contributed by atoms with E-state index in [1.165, 1.54) is 11.1 Å². The maximum Gasteiger partial charge on any atom is 0.410 e. The van der Waals surface area contributed by atoms with E-state index < -0.39 is 35.1 Å². The molecule has 9 nitrogen and oxygen atoms in total. The zero-order chi connectivity index (χ0) is 24.9. The van der Waals surface area contributed by atoms with Crippen molar-refractivity contribution in [3.63, 3.8) is 0 Å². The Morgan fingerprint density at radius 2 is 1.71 bits per heavy atom. The maximum atomic E-state index is 12.6. The lowest BCUT2D eigenvalue weighted by molar-refractivity contribution is -0.0725. The first-order chi connectivity index (χ1) is 16.1. The molecule has 2 aliphatic rings. The summed E-state index contributed by atoms with van der Waals surface area (Å²) in [6.07, 6.45) is 0.254. The Labute approximate surface area is 196 Å². The summed E-state index contributed by atoms with van der Waals surface area (Å²) in [5, 5.41) is -0.0926. The van der Waals surface area contributed by atoms with E-state index in [1.54, 1.807) is 6.92 Å². The third-order valence-electron chi connectivity index (χ3n) is 5.93. The number of hydrogen-bond acceptors (Lipinski definition) is 8. The molecule has 13 heteroatoms. The van der Waals surface area contributed by atoms with E-state index in [0.717, 1.165) is 31.9 Å². The van der Waals surface area contributed by atoms with Gasteiger partial charge in [-0.15, -0.1) is 0 Å². The molecule has 1 aliphatic carbocycles. The van der Waals surface area contributed by atoms with Gasteiger partial charge in [0.1, 0.15) is 18.5 Å². The van der Waals surface area contributed by atoms with Crippen molar-refractivity contribution < 1.29 is 40.6 Å². The summed E-state index contributed by atoms with van der Waals surface area (Å²) in [5.41, 5.74) is 0.415. The zero-order valence-corrected chi connectivity index (χ0v) is 20.0. The van der Waals surface area contributed by atoms with Crippen LogP contribution in [-0.2, 0) is 19.3 Å². The number of piperidine rings is 1. The Hall–Kier alpha value is -2.15. The number of ether oxygens (including phenoxy) is 3. The van der Waals surface area contributed by atoms with E-state index in [9.17, 15) is 26.4 Å². The van der Waals surface area contributed by atoms with Gasteiger partial charge in [-0.2, -0.15) is 0 Å². The van der Waals surface area contributed by atoms with Crippen LogP contribution >= 0.6 is 0 Å². The minimum atomic E-state index is -3.43. The van der Waals surface area contributed by atoms with Crippen LogP contribution in [0.15, 0.2) is 11.2 Å². The largest absolute Gasteiger partial charge is 0.473 e. The average Bonchev–Trinajstić information content (AvgIpc) is 2.79. The first-order valence-electron chi connectivity index (χ1n) is 11.2. The van der Waals surface area contributed by atoms with Crippen molar-refractivity contribution in [3.8, 4) is 5.88 Å². The van der Waals surface area contributed by atoms with Gasteiger partial charge in [0.05, 0.1) is 18.4 Å². The highest BCUT2D eigenvalue weighted by atomic mass is 32.2. The van der Waals surface area contributed by atoms with Crippen LogP contribution in [-0.4, -0.2) is 86.2 Å². The predicted octanol–water partition coefficient (Wildman–Crippen LogP) is 3.10. The molecule has 0 radical (unpaired) electrons. The standard InChI is InChI=1S/C21H30F3N3O6S/c1-13-20(25-12-18(26-13)34(2,29)30)32-15-5-3-14(4-6-15)31-16-7-9-27(10-8-16)21(28)33-17(11-22)19(23)24/h12,14-17,19H,3-11H2,1-2H3. The Bertz CT molecular complexity index is 936. The summed E-state index contributed by atoms with van der Waals surface area (Å²) in [6.45, 7) is 0.823. The number of hydrogen-bond donors (Lipinski definition) is 0. The second-order valence-corrected chi connectivity index (χ2v) is 10.6. The molecule has 1 unspecified atom stereocenters. The molecule has 1 atom stereocenters. The van der Waals surface area contributed by atoms with E-state index in [-0.39, 0.29) is 23.3 Å². The van der Waals surface area contributed by atoms with Crippen molar-refractivity contribution in [2.75, 3.05) is 26.0 Å². The van der Waals surface area contributed by atoms with Gasteiger partial charge < -0.3 is 19.1 Å². The molecule has 3 rings (SSSR count). The van der Waals surface area contributed by atoms with E-state index in [1.807, 2.05) is 0 Å². The van der Waals surface area contributed by atoms with Gasteiger partial charge in [-0.05, 0) is 45.4 Å². The van der Waals surface area contributed by atoms with Crippen molar-refractivity contribution in [1.82, 2.24) is 14.9 Å². The van der Waals surface area contributed by atoms with Gasteiger partial charge in [0.15, 0.2) is 21.0 Å². The fraction of sp³-hybridized carbons (Fsp3) is 0.762. The number of halogens is 3. The highest BCUT2D eigenvalue weighted by molar-refractivity contribution is 7.90. The van der Waals surface area contributed by atoms with Crippen LogP contribution in [0.1, 0.15) is 44.2 Å². The Balaban J connectivity index is 1.39. The highest BCUT2D eigenvalue weighted by Crippen LogP contribution is 2.28. The molecule has 34 heavy (non-hydrogen) atoms. The van der Waals surface area contributed by atoms with Gasteiger partial charge in [-0.25, -0.2) is 36.4 Å². The third kappa shape index (κ3) is 7.17. The van der Waals surface area contributed by atoms with Gasteiger partial charge in [-0.1, -0.05) is 0 Å².